The van der Waals surface area contributed by atoms with Crippen molar-refractivity contribution in [3.63, 3.8) is 0 Å². The molecule has 0 aliphatic heterocycles. The van der Waals surface area contributed by atoms with Gasteiger partial charge in [0.2, 0.25) is 0 Å². The van der Waals surface area contributed by atoms with Crippen molar-refractivity contribution < 1.29 is 9.66 Å². The number of nitro groups is 1. The van der Waals surface area contributed by atoms with Gasteiger partial charge in [0.05, 0.1) is 16.0 Å². The molecular weight excluding hydrogens is 370 g/mol. The monoisotopic (exact) mass is 379 g/mol. The average Bonchev–Trinajstić information content (AvgIpc) is 2.64. The topological polar surface area (TPSA) is 136 Å². The van der Waals surface area contributed by atoms with Crippen LogP contribution in [-0.2, 0) is 0 Å². The first-order valence-corrected chi connectivity index (χ1v) is 7.71. The molecule has 2 aromatic rings. The highest BCUT2D eigenvalue weighted by molar-refractivity contribution is 6.32. The fraction of sp³-hybridized carbons (Fsp3) is 0.0556. The summed E-state index contributed by atoms with van der Waals surface area (Å²) in [6.45, 7) is 1.76. The lowest BCUT2D eigenvalue weighted by molar-refractivity contribution is -0.384. The van der Waals surface area contributed by atoms with Gasteiger partial charge in [0.1, 0.15) is 35.4 Å². The summed E-state index contributed by atoms with van der Waals surface area (Å²) in [5, 5.41) is 41.0. The minimum absolute atomic E-state index is 0.0932. The van der Waals surface area contributed by atoms with Crippen LogP contribution < -0.4 is 10.1 Å². The van der Waals surface area contributed by atoms with Gasteiger partial charge in [-0.15, -0.1) is 0 Å². The average molecular weight is 380 g/mol. The largest absolute Gasteiger partial charge is 0.455 e. The predicted molar refractivity (Wildman–Crippen MR) is 96.8 cm³/mol. The molecule has 0 spiro atoms. The van der Waals surface area contributed by atoms with E-state index in [1.54, 1.807) is 43.3 Å². The number of nitriles is 3. The van der Waals surface area contributed by atoms with Gasteiger partial charge >= 0.3 is 0 Å². The van der Waals surface area contributed by atoms with E-state index in [9.17, 15) is 10.1 Å². The van der Waals surface area contributed by atoms with Crippen LogP contribution in [0.2, 0.25) is 5.02 Å². The number of halogens is 1. The lowest BCUT2D eigenvalue weighted by atomic mass is 10.2. The van der Waals surface area contributed by atoms with Crippen LogP contribution >= 0.6 is 11.6 Å². The number of rotatable bonds is 5. The molecule has 0 unspecified atom stereocenters. The van der Waals surface area contributed by atoms with Gasteiger partial charge in [-0.2, -0.15) is 15.8 Å². The van der Waals surface area contributed by atoms with E-state index in [-0.39, 0.29) is 22.8 Å². The molecule has 27 heavy (non-hydrogen) atoms. The molecule has 132 valence electrons. The quantitative estimate of drug-likeness (QED) is 0.455. The maximum Gasteiger partial charge on any atom is 0.275 e. The molecule has 0 saturated heterocycles. The minimum Gasteiger partial charge on any atom is -0.455 e. The molecule has 2 aromatic carbocycles. The highest BCUT2D eigenvalue weighted by Crippen LogP contribution is 2.35. The molecule has 0 aromatic heterocycles. The Bertz CT molecular complexity index is 1040. The number of non-ortho nitro benzene ring substituents is 1. The number of hydrogen-bond acceptors (Lipinski definition) is 7. The molecule has 0 amide bonds. The van der Waals surface area contributed by atoms with Gasteiger partial charge < -0.3 is 10.1 Å². The Morgan fingerprint density at radius 1 is 1.19 bits per heavy atom. The zero-order chi connectivity index (χ0) is 20.0. The van der Waals surface area contributed by atoms with Gasteiger partial charge in [-0.3, -0.25) is 10.1 Å². The van der Waals surface area contributed by atoms with E-state index in [1.807, 2.05) is 0 Å². The second-order valence-electron chi connectivity index (χ2n) is 5.17. The number of benzene rings is 2. The first-order valence-electron chi connectivity index (χ1n) is 7.33. The van der Waals surface area contributed by atoms with E-state index >= 15 is 0 Å². The SMILES string of the molecule is Cc1cccc(Cl)c1Oc1cc(NC(C#N)=C(C#N)C#N)cc([N+](=O)[O-])c1. The predicted octanol–water partition coefficient (Wildman–Crippen LogP) is 4.59. The molecule has 0 radical (unpaired) electrons. The Kier molecular flexibility index (Phi) is 5.96. The summed E-state index contributed by atoms with van der Waals surface area (Å²) >= 11 is 6.11. The Labute approximate surface area is 159 Å². The van der Waals surface area contributed by atoms with Crippen molar-refractivity contribution in [1.29, 1.82) is 15.8 Å². The van der Waals surface area contributed by atoms with E-state index in [0.717, 1.165) is 11.6 Å². The normalized spacial score (nSPS) is 9.30. The number of para-hydroxylation sites is 1. The second-order valence-corrected chi connectivity index (χ2v) is 5.58. The van der Waals surface area contributed by atoms with Crippen molar-refractivity contribution in [1.82, 2.24) is 0 Å². The third-order valence-corrected chi connectivity index (χ3v) is 3.64. The van der Waals surface area contributed by atoms with Crippen LogP contribution in [-0.4, -0.2) is 4.92 Å². The number of anilines is 1. The molecule has 1 N–H and O–H groups in total. The van der Waals surface area contributed by atoms with Gasteiger partial charge in [0, 0.05) is 17.8 Å². The smallest absolute Gasteiger partial charge is 0.275 e. The van der Waals surface area contributed by atoms with Crippen molar-refractivity contribution in [2.45, 2.75) is 6.92 Å². The van der Waals surface area contributed by atoms with Crippen LogP contribution in [0.25, 0.3) is 0 Å². The third-order valence-electron chi connectivity index (χ3n) is 3.34. The molecule has 9 heteroatoms. The lowest BCUT2D eigenvalue weighted by Gasteiger charge is -2.12. The van der Waals surface area contributed by atoms with E-state index < -0.39 is 10.5 Å². The van der Waals surface area contributed by atoms with Crippen LogP contribution in [0.4, 0.5) is 11.4 Å². The van der Waals surface area contributed by atoms with Crippen LogP contribution in [0.15, 0.2) is 47.7 Å². The highest BCUT2D eigenvalue weighted by atomic mass is 35.5. The van der Waals surface area contributed by atoms with Crippen LogP contribution in [0.3, 0.4) is 0 Å². The Hall–Kier alpha value is -4.06. The van der Waals surface area contributed by atoms with Gasteiger partial charge in [-0.05, 0) is 18.6 Å². The van der Waals surface area contributed by atoms with Crippen molar-refractivity contribution >= 4 is 23.0 Å². The first-order chi connectivity index (χ1) is 12.9. The van der Waals surface area contributed by atoms with Crippen molar-refractivity contribution in [2.75, 3.05) is 5.32 Å². The van der Waals surface area contributed by atoms with Gasteiger partial charge in [-0.25, -0.2) is 0 Å². The fourth-order valence-corrected chi connectivity index (χ4v) is 2.37. The first kappa shape index (κ1) is 19.3. The number of nitrogens with zero attached hydrogens (tertiary/aromatic N) is 4. The summed E-state index contributed by atoms with van der Waals surface area (Å²) in [7, 11) is 0. The maximum atomic E-state index is 11.2. The van der Waals surface area contributed by atoms with Crippen LogP contribution in [0.5, 0.6) is 11.5 Å². The lowest BCUT2D eigenvalue weighted by Crippen LogP contribution is -2.02. The van der Waals surface area contributed by atoms with E-state index in [0.29, 0.717) is 10.8 Å². The number of allylic oxidation sites excluding steroid dienone is 2. The van der Waals surface area contributed by atoms with Crippen LogP contribution in [0, 0.1) is 51.0 Å². The minimum atomic E-state index is -0.636. The molecule has 0 fully saturated rings. The summed E-state index contributed by atoms with van der Waals surface area (Å²) in [5.41, 5.74) is -0.276. The standard InChI is InChI=1S/C18H10ClN5O3/c1-11-3-2-4-16(19)18(11)27-15-6-13(5-14(7-15)24(25)26)23-17(10-22)12(8-20)9-21/h2-7,23H,1H3. The molecule has 0 bridgehead atoms. The fourth-order valence-electron chi connectivity index (χ4n) is 2.11. The Morgan fingerprint density at radius 2 is 1.89 bits per heavy atom. The summed E-state index contributed by atoms with van der Waals surface area (Å²) in [6, 6.07) is 13.7. The number of ether oxygens (including phenoxy) is 1. The Balaban J connectivity index is 2.51. The molecule has 0 aliphatic rings. The molecule has 8 nitrogen and oxygen atoms in total. The number of aryl methyl sites for hydroxylation is 1. The molecule has 0 heterocycles. The zero-order valence-corrected chi connectivity index (χ0v) is 14.6. The molecule has 0 saturated carbocycles. The molecular formula is C18H10ClN5O3. The van der Waals surface area contributed by atoms with Crippen molar-refractivity contribution in [2.24, 2.45) is 0 Å². The van der Waals surface area contributed by atoms with Crippen molar-refractivity contribution in [3.05, 3.63) is 68.4 Å². The highest BCUT2D eigenvalue weighted by Gasteiger charge is 2.15. The Morgan fingerprint density at radius 3 is 2.44 bits per heavy atom. The molecule has 0 atom stereocenters. The van der Waals surface area contributed by atoms with Crippen LogP contribution in [0.1, 0.15) is 5.56 Å². The van der Waals surface area contributed by atoms with E-state index in [4.69, 9.17) is 32.1 Å². The summed E-state index contributed by atoms with van der Waals surface area (Å²) in [5.74, 6) is 0.423. The summed E-state index contributed by atoms with van der Waals surface area (Å²) < 4.78 is 5.69. The maximum absolute atomic E-state index is 11.2. The van der Waals surface area contributed by atoms with Gasteiger partial charge in [0.25, 0.3) is 5.69 Å². The number of hydrogen-bond donors (Lipinski definition) is 1. The second kappa shape index (κ2) is 8.35. The van der Waals surface area contributed by atoms with Gasteiger partial charge in [-0.1, -0.05) is 23.7 Å². The number of nitrogens with one attached hydrogen (secondary N) is 1. The molecule has 2 rings (SSSR count). The summed E-state index contributed by atoms with van der Waals surface area (Å²) in [6.07, 6.45) is 0. The third kappa shape index (κ3) is 4.52. The number of nitro benzene ring substituents is 1. The molecule has 0 aliphatic carbocycles. The zero-order valence-electron chi connectivity index (χ0n) is 13.9. The summed E-state index contributed by atoms with van der Waals surface area (Å²) in [4.78, 5) is 10.6. The van der Waals surface area contributed by atoms with E-state index in [2.05, 4.69) is 5.32 Å². The van der Waals surface area contributed by atoms with E-state index in [1.165, 1.54) is 12.1 Å². The van der Waals surface area contributed by atoms with Gasteiger partial charge in [0.15, 0.2) is 5.57 Å². The van der Waals surface area contributed by atoms with Crippen molar-refractivity contribution in [3.8, 4) is 29.7 Å².